The van der Waals surface area contributed by atoms with E-state index in [1.165, 1.54) is 6.20 Å². The predicted molar refractivity (Wildman–Crippen MR) is 81.4 cm³/mol. The molecule has 0 atom stereocenters. The second kappa shape index (κ2) is 10.1. The van der Waals surface area contributed by atoms with E-state index in [4.69, 9.17) is 11.6 Å². The van der Waals surface area contributed by atoms with Gasteiger partial charge in [0.05, 0.1) is 5.56 Å². The molecule has 1 N–H and O–H groups in total. The van der Waals surface area contributed by atoms with Crippen LogP contribution in [0.1, 0.15) is 24.2 Å². The monoisotopic (exact) mass is 278 g/mol. The van der Waals surface area contributed by atoms with Crippen LogP contribution >= 0.6 is 11.6 Å². The molecule has 1 rings (SSSR count). The first-order chi connectivity index (χ1) is 9.01. The van der Waals surface area contributed by atoms with Crippen LogP contribution in [0.15, 0.2) is 55.3 Å². The number of allylic oxidation sites excluding steroid dienone is 4. The van der Waals surface area contributed by atoms with Gasteiger partial charge in [0.1, 0.15) is 5.15 Å². The van der Waals surface area contributed by atoms with Crippen molar-refractivity contribution < 1.29 is 4.79 Å². The Labute approximate surface area is 119 Å². The SMILES string of the molecule is C=C/C=C\C(=C)C.CCNC(=O)c1ccc(Cl)nc1. The number of rotatable bonds is 4. The number of nitrogens with zero attached hydrogens (tertiary/aromatic N) is 1. The highest BCUT2D eigenvalue weighted by Gasteiger charge is 2.02. The molecule has 0 fully saturated rings. The summed E-state index contributed by atoms with van der Waals surface area (Å²) in [4.78, 5) is 14.9. The summed E-state index contributed by atoms with van der Waals surface area (Å²) in [5.41, 5.74) is 1.58. The normalized spacial score (nSPS) is 9.42. The molecule has 1 aromatic rings. The molecule has 0 radical (unpaired) electrons. The number of hydrogen-bond acceptors (Lipinski definition) is 2. The fourth-order valence-corrected chi connectivity index (χ4v) is 1.12. The van der Waals surface area contributed by atoms with Crippen LogP contribution in [0.3, 0.4) is 0 Å². The fourth-order valence-electron chi connectivity index (χ4n) is 1.01. The molecule has 0 unspecified atom stereocenters. The molecular formula is C15H19ClN2O. The molecule has 0 aliphatic rings. The lowest BCUT2D eigenvalue weighted by Gasteiger charge is -2.00. The third kappa shape index (κ3) is 8.80. The van der Waals surface area contributed by atoms with E-state index in [9.17, 15) is 4.79 Å². The minimum atomic E-state index is -0.123. The number of hydrogen-bond donors (Lipinski definition) is 1. The minimum absolute atomic E-state index is 0.123. The van der Waals surface area contributed by atoms with Gasteiger partial charge in [-0.2, -0.15) is 0 Å². The van der Waals surface area contributed by atoms with E-state index in [1.807, 2.05) is 26.0 Å². The summed E-state index contributed by atoms with van der Waals surface area (Å²) in [5.74, 6) is -0.123. The van der Waals surface area contributed by atoms with Gasteiger partial charge in [0.2, 0.25) is 0 Å². The highest BCUT2D eigenvalue weighted by atomic mass is 35.5. The van der Waals surface area contributed by atoms with Gasteiger partial charge in [-0.15, -0.1) is 0 Å². The van der Waals surface area contributed by atoms with Crippen molar-refractivity contribution in [1.82, 2.24) is 10.3 Å². The van der Waals surface area contributed by atoms with Gasteiger partial charge < -0.3 is 5.32 Å². The summed E-state index contributed by atoms with van der Waals surface area (Å²) in [5, 5.41) is 3.05. The molecule has 3 nitrogen and oxygen atoms in total. The lowest BCUT2D eigenvalue weighted by Crippen LogP contribution is -2.22. The van der Waals surface area contributed by atoms with Crippen molar-refractivity contribution in [2.75, 3.05) is 6.54 Å². The molecule has 1 heterocycles. The van der Waals surface area contributed by atoms with Crippen molar-refractivity contribution in [2.24, 2.45) is 0 Å². The molecule has 0 saturated heterocycles. The second-order valence-corrected chi connectivity index (χ2v) is 4.06. The summed E-state index contributed by atoms with van der Waals surface area (Å²) in [6, 6.07) is 3.23. The molecule has 1 aromatic heterocycles. The Bertz CT molecular complexity index is 450. The Morgan fingerprint density at radius 1 is 1.53 bits per heavy atom. The van der Waals surface area contributed by atoms with Crippen LogP contribution in [-0.2, 0) is 0 Å². The summed E-state index contributed by atoms with van der Waals surface area (Å²) >= 11 is 5.55. The Morgan fingerprint density at radius 3 is 2.58 bits per heavy atom. The smallest absolute Gasteiger partial charge is 0.252 e. The third-order valence-corrected chi connectivity index (χ3v) is 2.07. The van der Waals surface area contributed by atoms with Crippen LogP contribution < -0.4 is 5.32 Å². The van der Waals surface area contributed by atoms with Gasteiger partial charge in [-0.05, 0) is 26.0 Å². The molecular weight excluding hydrogens is 260 g/mol. The molecule has 0 saturated carbocycles. The summed E-state index contributed by atoms with van der Waals surface area (Å²) < 4.78 is 0. The van der Waals surface area contributed by atoms with Gasteiger partial charge in [0.15, 0.2) is 0 Å². The topological polar surface area (TPSA) is 42.0 Å². The Balaban J connectivity index is 0.000000399. The minimum Gasteiger partial charge on any atom is -0.352 e. The van der Waals surface area contributed by atoms with Crippen LogP contribution in [0.4, 0.5) is 0 Å². The largest absolute Gasteiger partial charge is 0.352 e. The molecule has 19 heavy (non-hydrogen) atoms. The van der Waals surface area contributed by atoms with Crippen molar-refractivity contribution in [3.8, 4) is 0 Å². The highest BCUT2D eigenvalue weighted by molar-refractivity contribution is 6.29. The number of halogens is 1. The fraction of sp³-hybridized carbons (Fsp3) is 0.200. The number of nitrogens with one attached hydrogen (secondary N) is 1. The van der Waals surface area contributed by atoms with Crippen molar-refractivity contribution >= 4 is 17.5 Å². The predicted octanol–water partition coefficient (Wildman–Crippen LogP) is 3.79. The van der Waals surface area contributed by atoms with Gasteiger partial charge in [0.25, 0.3) is 5.91 Å². The molecule has 4 heteroatoms. The van der Waals surface area contributed by atoms with E-state index >= 15 is 0 Å². The number of carbonyl (C=O) groups excluding carboxylic acids is 1. The standard InChI is InChI=1S/C8H9ClN2O.C7H10/c1-2-10-8(12)6-3-4-7(9)11-5-6;1-4-5-6-7(2)3/h3-5H,2H2,1H3,(H,10,12);4-6H,1-2H2,3H3/b;6-5-. The van der Waals surface area contributed by atoms with E-state index in [2.05, 4.69) is 23.5 Å². The quantitative estimate of drug-likeness (QED) is 0.672. The molecule has 0 aliphatic heterocycles. The zero-order valence-electron chi connectivity index (χ0n) is 11.3. The maximum Gasteiger partial charge on any atom is 0.252 e. The van der Waals surface area contributed by atoms with Crippen LogP contribution in [0.2, 0.25) is 5.15 Å². The first kappa shape index (κ1) is 17.1. The summed E-state index contributed by atoms with van der Waals surface area (Å²) in [6.07, 6.45) is 6.96. The molecule has 0 aromatic carbocycles. The zero-order valence-corrected chi connectivity index (χ0v) is 12.1. The Kier molecular flexibility index (Phi) is 9.10. The van der Waals surface area contributed by atoms with Crippen LogP contribution in [-0.4, -0.2) is 17.4 Å². The highest BCUT2D eigenvalue weighted by Crippen LogP contribution is 2.04. The van der Waals surface area contributed by atoms with Gasteiger partial charge in [-0.1, -0.05) is 48.6 Å². The van der Waals surface area contributed by atoms with Crippen LogP contribution in [0.5, 0.6) is 0 Å². The van der Waals surface area contributed by atoms with Gasteiger partial charge >= 0.3 is 0 Å². The van der Waals surface area contributed by atoms with E-state index < -0.39 is 0 Å². The Morgan fingerprint density at radius 2 is 2.21 bits per heavy atom. The van der Waals surface area contributed by atoms with E-state index in [-0.39, 0.29) is 5.91 Å². The number of aromatic nitrogens is 1. The van der Waals surface area contributed by atoms with E-state index in [0.29, 0.717) is 17.3 Å². The molecule has 0 spiro atoms. The average molecular weight is 279 g/mol. The van der Waals surface area contributed by atoms with Gasteiger partial charge in [-0.3, -0.25) is 4.79 Å². The summed E-state index contributed by atoms with van der Waals surface area (Å²) in [7, 11) is 0. The Hall–Kier alpha value is -1.87. The third-order valence-electron chi connectivity index (χ3n) is 1.84. The van der Waals surface area contributed by atoms with Crippen molar-refractivity contribution in [3.05, 3.63) is 66.0 Å². The zero-order chi connectivity index (χ0) is 14.7. The molecule has 102 valence electrons. The first-order valence-corrected chi connectivity index (χ1v) is 6.23. The van der Waals surface area contributed by atoms with Crippen molar-refractivity contribution in [1.29, 1.82) is 0 Å². The van der Waals surface area contributed by atoms with Gasteiger partial charge in [0, 0.05) is 12.7 Å². The van der Waals surface area contributed by atoms with Crippen LogP contribution in [0.25, 0.3) is 0 Å². The molecule has 0 aliphatic carbocycles. The molecule has 1 amide bonds. The maximum absolute atomic E-state index is 11.2. The van der Waals surface area contributed by atoms with Crippen molar-refractivity contribution in [3.63, 3.8) is 0 Å². The number of amides is 1. The first-order valence-electron chi connectivity index (χ1n) is 5.85. The van der Waals surface area contributed by atoms with E-state index in [1.54, 1.807) is 18.2 Å². The second-order valence-electron chi connectivity index (χ2n) is 3.67. The summed E-state index contributed by atoms with van der Waals surface area (Å²) in [6.45, 7) is 11.6. The lowest BCUT2D eigenvalue weighted by molar-refractivity contribution is 0.0955. The van der Waals surface area contributed by atoms with E-state index in [0.717, 1.165) is 5.57 Å². The maximum atomic E-state index is 11.2. The lowest BCUT2D eigenvalue weighted by atomic mass is 10.3. The van der Waals surface area contributed by atoms with Crippen LogP contribution in [0, 0.1) is 0 Å². The number of pyridine rings is 1. The average Bonchev–Trinajstić information content (AvgIpc) is 2.38. The van der Waals surface area contributed by atoms with Crippen molar-refractivity contribution in [2.45, 2.75) is 13.8 Å². The number of carbonyl (C=O) groups is 1. The van der Waals surface area contributed by atoms with Gasteiger partial charge in [-0.25, -0.2) is 4.98 Å². The molecule has 0 bridgehead atoms.